The zero-order valence-corrected chi connectivity index (χ0v) is 10.6. The fraction of sp³-hybridized carbons (Fsp3) is 0. The number of aromatic nitrogens is 1. The number of hydrogen-bond acceptors (Lipinski definition) is 4. The molecule has 1 amide bonds. The molecule has 8 heteroatoms. The topological polar surface area (TPSA) is 85.1 Å². The Labute approximate surface area is 117 Å². The zero-order chi connectivity index (χ0) is 14.7. The van der Waals surface area contributed by atoms with Gasteiger partial charge in [-0.25, -0.2) is 4.39 Å². The van der Waals surface area contributed by atoms with Gasteiger partial charge in [-0.05, 0) is 18.2 Å². The van der Waals surface area contributed by atoms with Gasteiger partial charge < -0.3 is 5.32 Å². The summed E-state index contributed by atoms with van der Waals surface area (Å²) < 4.78 is 13.4. The first kappa shape index (κ1) is 13.9. The summed E-state index contributed by atoms with van der Waals surface area (Å²) in [5.74, 6) is -1.46. The van der Waals surface area contributed by atoms with E-state index >= 15 is 0 Å². The van der Waals surface area contributed by atoms with Crippen molar-refractivity contribution >= 4 is 28.9 Å². The van der Waals surface area contributed by atoms with Crippen molar-refractivity contribution in [3.05, 3.63) is 63.2 Å². The van der Waals surface area contributed by atoms with Crippen LogP contribution in [0, 0.1) is 15.9 Å². The van der Waals surface area contributed by atoms with E-state index in [-0.39, 0.29) is 22.0 Å². The smallest absolute Gasteiger partial charge is 0.288 e. The number of nitro benzene ring substituents is 1. The number of pyridine rings is 1. The Kier molecular flexibility index (Phi) is 3.90. The lowest BCUT2D eigenvalue weighted by atomic mass is 10.2. The van der Waals surface area contributed by atoms with Crippen molar-refractivity contribution in [2.24, 2.45) is 0 Å². The Bertz CT molecular complexity index is 693. The molecule has 0 atom stereocenters. The van der Waals surface area contributed by atoms with E-state index < -0.39 is 16.6 Å². The molecule has 1 aromatic carbocycles. The maximum absolute atomic E-state index is 13.4. The highest BCUT2D eigenvalue weighted by molar-refractivity contribution is 6.33. The van der Waals surface area contributed by atoms with Crippen molar-refractivity contribution in [2.45, 2.75) is 0 Å². The lowest BCUT2D eigenvalue weighted by molar-refractivity contribution is -0.384. The largest absolute Gasteiger partial charge is 0.322 e. The molecule has 6 nitrogen and oxygen atoms in total. The highest BCUT2D eigenvalue weighted by atomic mass is 35.5. The van der Waals surface area contributed by atoms with Gasteiger partial charge in [0.25, 0.3) is 11.6 Å². The van der Waals surface area contributed by atoms with E-state index in [1.165, 1.54) is 24.4 Å². The molecule has 1 heterocycles. The van der Waals surface area contributed by atoms with Gasteiger partial charge in [-0.15, -0.1) is 0 Å². The van der Waals surface area contributed by atoms with Crippen molar-refractivity contribution in [3.8, 4) is 0 Å². The minimum Gasteiger partial charge on any atom is -0.322 e. The van der Waals surface area contributed by atoms with Crippen LogP contribution in [0.5, 0.6) is 0 Å². The second-order valence-corrected chi connectivity index (χ2v) is 4.14. The molecular formula is C12H7ClFN3O3. The van der Waals surface area contributed by atoms with Crippen molar-refractivity contribution < 1.29 is 14.1 Å². The molecule has 1 aromatic heterocycles. The molecule has 0 radical (unpaired) electrons. The monoisotopic (exact) mass is 295 g/mol. The third-order valence-corrected chi connectivity index (χ3v) is 2.72. The summed E-state index contributed by atoms with van der Waals surface area (Å²) in [6.07, 6.45) is 2.19. The molecule has 2 aromatic rings. The zero-order valence-electron chi connectivity index (χ0n) is 9.84. The first-order valence-electron chi connectivity index (χ1n) is 5.34. The quantitative estimate of drug-likeness (QED) is 0.696. The van der Waals surface area contributed by atoms with Gasteiger partial charge in [-0.3, -0.25) is 19.9 Å². The van der Waals surface area contributed by atoms with Gasteiger partial charge in [-0.1, -0.05) is 11.6 Å². The summed E-state index contributed by atoms with van der Waals surface area (Å²) in [5.41, 5.74) is -0.240. The summed E-state index contributed by atoms with van der Waals surface area (Å²) in [7, 11) is 0. The highest BCUT2D eigenvalue weighted by Gasteiger charge is 2.15. The molecule has 20 heavy (non-hydrogen) atoms. The normalized spacial score (nSPS) is 10.1. The SMILES string of the molecule is O=C(Nc1ccc([N+](=O)[O-])c(Cl)c1)c1ccncc1F. The summed E-state index contributed by atoms with van der Waals surface area (Å²) in [4.78, 5) is 25.3. The average molecular weight is 296 g/mol. The molecular weight excluding hydrogens is 289 g/mol. The van der Waals surface area contributed by atoms with E-state index in [4.69, 9.17) is 11.6 Å². The predicted molar refractivity (Wildman–Crippen MR) is 70.3 cm³/mol. The van der Waals surface area contributed by atoms with Crippen LogP contribution in [0.2, 0.25) is 5.02 Å². The van der Waals surface area contributed by atoms with E-state index in [2.05, 4.69) is 10.3 Å². The lowest BCUT2D eigenvalue weighted by Gasteiger charge is -2.06. The van der Waals surface area contributed by atoms with E-state index in [0.29, 0.717) is 0 Å². The van der Waals surface area contributed by atoms with E-state index in [1.54, 1.807) is 0 Å². The molecule has 0 fully saturated rings. The van der Waals surface area contributed by atoms with E-state index in [1.807, 2.05) is 0 Å². The van der Waals surface area contributed by atoms with Gasteiger partial charge in [0.05, 0.1) is 16.7 Å². The molecule has 1 N–H and O–H groups in total. The van der Waals surface area contributed by atoms with Crippen LogP contribution in [0.1, 0.15) is 10.4 Å². The van der Waals surface area contributed by atoms with Gasteiger partial charge in [0.15, 0.2) is 5.82 Å². The summed E-state index contributed by atoms with van der Waals surface area (Å²) >= 11 is 5.71. The van der Waals surface area contributed by atoms with Crippen LogP contribution in [-0.2, 0) is 0 Å². The number of hydrogen-bond donors (Lipinski definition) is 1. The molecule has 0 spiro atoms. The number of carbonyl (C=O) groups is 1. The molecule has 2 rings (SSSR count). The first-order chi connectivity index (χ1) is 9.49. The third kappa shape index (κ3) is 2.89. The fourth-order valence-electron chi connectivity index (χ4n) is 1.49. The van der Waals surface area contributed by atoms with Crippen molar-refractivity contribution in [1.29, 1.82) is 0 Å². The Balaban J connectivity index is 2.23. The van der Waals surface area contributed by atoms with Gasteiger partial charge in [0.2, 0.25) is 0 Å². The van der Waals surface area contributed by atoms with Crippen LogP contribution in [0.15, 0.2) is 36.7 Å². The van der Waals surface area contributed by atoms with Gasteiger partial charge in [-0.2, -0.15) is 0 Å². The van der Waals surface area contributed by atoms with Gasteiger partial charge in [0.1, 0.15) is 5.02 Å². The number of nitrogens with zero attached hydrogens (tertiary/aromatic N) is 2. The maximum Gasteiger partial charge on any atom is 0.288 e. The number of rotatable bonds is 3. The number of benzene rings is 1. The molecule has 0 aliphatic carbocycles. The first-order valence-corrected chi connectivity index (χ1v) is 5.71. The molecule has 0 saturated carbocycles. The molecule has 0 aliphatic rings. The lowest BCUT2D eigenvalue weighted by Crippen LogP contribution is -2.13. The summed E-state index contributed by atoms with van der Waals surface area (Å²) in [6, 6.07) is 4.90. The highest BCUT2D eigenvalue weighted by Crippen LogP contribution is 2.27. The number of anilines is 1. The number of amides is 1. The number of nitrogens with one attached hydrogen (secondary N) is 1. The summed E-state index contributed by atoms with van der Waals surface area (Å²) in [5, 5.41) is 12.9. The van der Waals surface area contributed by atoms with E-state index in [0.717, 1.165) is 12.3 Å². The average Bonchev–Trinajstić information content (AvgIpc) is 2.38. The van der Waals surface area contributed by atoms with Crippen LogP contribution in [-0.4, -0.2) is 15.8 Å². The summed E-state index contributed by atoms with van der Waals surface area (Å²) in [6.45, 7) is 0. The fourth-order valence-corrected chi connectivity index (χ4v) is 1.74. The maximum atomic E-state index is 13.4. The number of halogens is 2. The standard InChI is InChI=1S/C12H7ClFN3O3/c13-9-5-7(1-2-11(9)17(19)20)16-12(18)8-3-4-15-6-10(8)14/h1-6H,(H,16,18). The predicted octanol–water partition coefficient (Wildman–Crippen LogP) is 3.03. The van der Waals surface area contributed by atoms with Gasteiger partial charge >= 0.3 is 0 Å². The molecule has 0 aliphatic heterocycles. The van der Waals surface area contributed by atoms with E-state index in [9.17, 15) is 19.3 Å². The molecule has 0 saturated heterocycles. The van der Waals surface area contributed by atoms with Crippen LogP contribution in [0.3, 0.4) is 0 Å². The van der Waals surface area contributed by atoms with Gasteiger partial charge in [0, 0.05) is 18.0 Å². The Morgan fingerprint density at radius 3 is 2.75 bits per heavy atom. The minimum absolute atomic E-state index is 0.122. The van der Waals surface area contributed by atoms with Crippen molar-refractivity contribution in [1.82, 2.24) is 4.98 Å². The second-order valence-electron chi connectivity index (χ2n) is 3.73. The third-order valence-electron chi connectivity index (χ3n) is 2.42. The van der Waals surface area contributed by atoms with Crippen LogP contribution < -0.4 is 5.32 Å². The number of carbonyl (C=O) groups excluding carboxylic acids is 1. The Morgan fingerprint density at radius 1 is 1.40 bits per heavy atom. The molecule has 0 bridgehead atoms. The van der Waals surface area contributed by atoms with Crippen molar-refractivity contribution in [2.75, 3.05) is 5.32 Å². The number of nitro groups is 1. The van der Waals surface area contributed by atoms with Crippen molar-refractivity contribution in [3.63, 3.8) is 0 Å². The molecule has 102 valence electrons. The molecule has 0 unspecified atom stereocenters. The minimum atomic E-state index is -0.766. The Morgan fingerprint density at radius 2 is 2.15 bits per heavy atom. The van der Waals surface area contributed by atoms with Crippen LogP contribution >= 0.6 is 11.6 Å². The van der Waals surface area contributed by atoms with Crippen LogP contribution in [0.25, 0.3) is 0 Å². The Hall–Kier alpha value is -2.54. The second kappa shape index (κ2) is 5.62. The van der Waals surface area contributed by atoms with Crippen LogP contribution in [0.4, 0.5) is 15.8 Å².